The molecular weight excluding hydrogens is 196 g/mol. The van der Waals surface area contributed by atoms with Gasteiger partial charge in [0, 0.05) is 25.3 Å². The van der Waals surface area contributed by atoms with Crippen LogP contribution in [0.5, 0.6) is 0 Å². The van der Waals surface area contributed by atoms with Crippen molar-refractivity contribution >= 4 is 5.69 Å². The van der Waals surface area contributed by atoms with Crippen molar-refractivity contribution in [3.63, 3.8) is 0 Å². The van der Waals surface area contributed by atoms with Gasteiger partial charge >= 0.3 is 0 Å². The van der Waals surface area contributed by atoms with Crippen molar-refractivity contribution in [2.24, 2.45) is 11.8 Å². The molecule has 2 unspecified atom stereocenters. The summed E-state index contributed by atoms with van der Waals surface area (Å²) in [4.78, 5) is 2.58. The van der Waals surface area contributed by atoms with E-state index in [0.717, 1.165) is 23.9 Å². The van der Waals surface area contributed by atoms with E-state index < -0.39 is 0 Å². The molecule has 2 nitrogen and oxygen atoms in total. The highest BCUT2D eigenvalue weighted by atomic mass is 15.1. The van der Waals surface area contributed by atoms with Crippen molar-refractivity contribution in [3.05, 3.63) is 29.8 Å². The molecule has 2 atom stereocenters. The Hall–Kier alpha value is -1.02. The van der Waals surface area contributed by atoms with Crippen molar-refractivity contribution in [2.75, 3.05) is 25.4 Å². The Morgan fingerprint density at radius 3 is 2.25 bits per heavy atom. The lowest BCUT2D eigenvalue weighted by atomic mass is 10.0. The number of hydrogen-bond donors (Lipinski definition) is 1. The summed E-state index contributed by atoms with van der Waals surface area (Å²) in [5.74, 6) is 1.71. The Balaban J connectivity index is 1.82. The van der Waals surface area contributed by atoms with Gasteiger partial charge in [0.2, 0.25) is 0 Å². The Bertz CT molecular complexity index is 321. The summed E-state index contributed by atoms with van der Waals surface area (Å²) in [6, 6.07) is 8.26. The predicted molar refractivity (Wildman–Crippen MR) is 69.3 cm³/mol. The first kappa shape index (κ1) is 11.5. The smallest absolute Gasteiger partial charge is 0.0314 e. The zero-order valence-corrected chi connectivity index (χ0v) is 10.3. The maximum Gasteiger partial charge on any atom is 0.0314 e. The number of benzene rings is 1. The average molecular weight is 218 g/mol. The van der Waals surface area contributed by atoms with Crippen LogP contribution in [-0.2, 0) is 6.42 Å². The topological polar surface area (TPSA) is 29.3 Å². The van der Waals surface area contributed by atoms with Gasteiger partial charge in [0.1, 0.15) is 0 Å². The van der Waals surface area contributed by atoms with E-state index in [1.54, 1.807) is 0 Å². The van der Waals surface area contributed by atoms with E-state index >= 15 is 0 Å². The SMILES string of the molecule is CC1CN(CCc2ccc(N)cc2)CC1C. The fourth-order valence-electron chi connectivity index (χ4n) is 2.40. The summed E-state index contributed by atoms with van der Waals surface area (Å²) in [5, 5.41) is 0. The zero-order chi connectivity index (χ0) is 11.5. The number of hydrogen-bond acceptors (Lipinski definition) is 2. The molecule has 0 saturated carbocycles. The number of anilines is 1. The van der Waals surface area contributed by atoms with Gasteiger partial charge in [-0.2, -0.15) is 0 Å². The van der Waals surface area contributed by atoms with Gasteiger partial charge in [-0.05, 0) is 36.0 Å². The van der Waals surface area contributed by atoms with Crippen LogP contribution < -0.4 is 5.73 Å². The van der Waals surface area contributed by atoms with Crippen LogP contribution in [0.4, 0.5) is 5.69 Å². The summed E-state index contributed by atoms with van der Waals surface area (Å²) in [6.45, 7) is 8.41. The minimum Gasteiger partial charge on any atom is -0.399 e. The minimum atomic E-state index is 0.853. The quantitative estimate of drug-likeness (QED) is 0.789. The molecule has 1 aromatic rings. The lowest BCUT2D eigenvalue weighted by Gasteiger charge is -2.15. The number of likely N-dealkylation sites (tertiary alicyclic amines) is 1. The first-order valence-corrected chi connectivity index (χ1v) is 6.22. The Morgan fingerprint density at radius 1 is 1.12 bits per heavy atom. The molecule has 0 amide bonds. The van der Waals surface area contributed by atoms with Crippen molar-refractivity contribution < 1.29 is 0 Å². The van der Waals surface area contributed by atoms with E-state index in [0.29, 0.717) is 0 Å². The van der Waals surface area contributed by atoms with Crippen molar-refractivity contribution in [1.82, 2.24) is 4.90 Å². The van der Waals surface area contributed by atoms with Crippen molar-refractivity contribution in [3.8, 4) is 0 Å². The lowest BCUT2D eigenvalue weighted by molar-refractivity contribution is 0.328. The molecule has 2 N–H and O–H groups in total. The van der Waals surface area contributed by atoms with Crippen LogP contribution in [0, 0.1) is 11.8 Å². The van der Waals surface area contributed by atoms with Gasteiger partial charge in [-0.1, -0.05) is 26.0 Å². The molecule has 1 aliphatic rings. The van der Waals surface area contributed by atoms with Gasteiger partial charge in [-0.15, -0.1) is 0 Å². The molecule has 0 bridgehead atoms. The monoisotopic (exact) mass is 218 g/mol. The summed E-state index contributed by atoms with van der Waals surface area (Å²) in [7, 11) is 0. The van der Waals surface area contributed by atoms with Crippen LogP contribution >= 0.6 is 0 Å². The number of nitrogens with zero attached hydrogens (tertiary/aromatic N) is 1. The second kappa shape index (κ2) is 4.88. The Morgan fingerprint density at radius 2 is 1.69 bits per heavy atom. The maximum atomic E-state index is 5.67. The molecule has 1 heterocycles. The first-order chi connectivity index (χ1) is 7.65. The molecule has 0 spiro atoms. The van der Waals surface area contributed by atoms with Crippen molar-refractivity contribution in [2.45, 2.75) is 20.3 Å². The van der Waals surface area contributed by atoms with Gasteiger partial charge in [0.25, 0.3) is 0 Å². The molecule has 1 saturated heterocycles. The number of rotatable bonds is 3. The molecule has 1 fully saturated rings. The third-order valence-electron chi connectivity index (χ3n) is 3.76. The highest BCUT2D eigenvalue weighted by molar-refractivity contribution is 5.39. The number of nitrogen functional groups attached to an aromatic ring is 1. The predicted octanol–water partition coefficient (Wildman–Crippen LogP) is 2.40. The van der Waals surface area contributed by atoms with Gasteiger partial charge in [0.15, 0.2) is 0 Å². The Kier molecular flexibility index (Phi) is 3.49. The molecule has 0 radical (unpaired) electrons. The maximum absolute atomic E-state index is 5.67. The second-order valence-electron chi connectivity index (χ2n) is 5.21. The molecular formula is C14H22N2. The van der Waals surface area contributed by atoms with Crippen LogP contribution in [0.15, 0.2) is 24.3 Å². The van der Waals surface area contributed by atoms with Crippen molar-refractivity contribution in [1.29, 1.82) is 0 Å². The first-order valence-electron chi connectivity index (χ1n) is 6.22. The molecule has 2 heteroatoms. The van der Waals surface area contributed by atoms with Crippen LogP contribution in [0.1, 0.15) is 19.4 Å². The summed E-state index contributed by atoms with van der Waals surface area (Å²) in [6.07, 6.45) is 1.14. The van der Waals surface area contributed by atoms with Gasteiger partial charge < -0.3 is 10.6 Å². The molecule has 1 aliphatic heterocycles. The summed E-state index contributed by atoms with van der Waals surface area (Å²) < 4.78 is 0. The summed E-state index contributed by atoms with van der Waals surface area (Å²) >= 11 is 0. The van der Waals surface area contributed by atoms with Gasteiger partial charge in [-0.3, -0.25) is 0 Å². The van der Waals surface area contributed by atoms with Crippen LogP contribution in [-0.4, -0.2) is 24.5 Å². The standard InChI is InChI=1S/C14H22N2/c1-11-9-16(10-12(11)2)8-7-13-3-5-14(15)6-4-13/h3-6,11-12H,7-10,15H2,1-2H3. The normalized spacial score (nSPS) is 26.1. The minimum absolute atomic E-state index is 0.853. The fourth-order valence-corrected chi connectivity index (χ4v) is 2.40. The van der Waals surface area contributed by atoms with E-state index in [4.69, 9.17) is 5.73 Å². The van der Waals surface area contributed by atoms with Gasteiger partial charge in [-0.25, -0.2) is 0 Å². The van der Waals surface area contributed by atoms with E-state index in [1.165, 1.54) is 25.2 Å². The highest BCUT2D eigenvalue weighted by Crippen LogP contribution is 2.22. The fraction of sp³-hybridized carbons (Fsp3) is 0.571. The molecule has 0 aliphatic carbocycles. The largest absolute Gasteiger partial charge is 0.399 e. The van der Waals surface area contributed by atoms with Crippen LogP contribution in [0.25, 0.3) is 0 Å². The van der Waals surface area contributed by atoms with Crippen LogP contribution in [0.2, 0.25) is 0 Å². The van der Waals surface area contributed by atoms with Crippen LogP contribution in [0.3, 0.4) is 0 Å². The Labute approximate surface area is 98.4 Å². The number of nitrogens with two attached hydrogens (primary N) is 1. The third kappa shape index (κ3) is 2.76. The molecule has 16 heavy (non-hydrogen) atoms. The molecule has 2 rings (SSSR count). The van der Waals surface area contributed by atoms with E-state index in [9.17, 15) is 0 Å². The van der Waals surface area contributed by atoms with E-state index in [2.05, 4.69) is 30.9 Å². The molecule has 88 valence electrons. The summed E-state index contributed by atoms with van der Waals surface area (Å²) in [5.41, 5.74) is 7.91. The third-order valence-corrected chi connectivity index (χ3v) is 3.76. The van der Waals surface area contributed by atoms with E-state index in [-0.39, 0.29) is 0 Å². The average Bonchev–Trinajstić information content (AvgIpc) is 2.58. The van der Waals surface area contributed by atoms with E-state index in [1.807, 2.05) is 12.1 Å². The molecule has 1 aromatic carbocycles. The second-order valence-corrected chi connectivity index (χ2v) is 5.21. The highest BCUT2D eigenvalue weighted by Gasteiger charge is 2.25. The zero-order valence-electron chi connectivity index (χ0n) is 10.3. The molecule has 0 aromatic heterocycles. The lowest BCUT2D eigenvalue weighted by Crippen LogP contribution is -2.23. The van der Waals surface area contributed by atoms with Gasteiger partial charge in [0.05, 0.1) is 0 Å².